The van der Waals surface area contributed by atoms with Gasteiger partial charge >= 0.3 is 0 Å². The van der Waals surface area contributed by atoms with Gasteiger partial charge < -0.3 is 9.64 Å². The Hall–Kier alpha value is -0.650. The zero-order chi connectivity index (χ0) is 17.9. The van der Waals surface area contributed by atoms with Crippen molar-refractivity contribution in [3.05, 3.63) is 0 Å². The molecule has 0 unspecified atom stereocenters. The van der Waals surface area contributed by atoms with E-state index in [2.05, 4.69) is 13.8 Å². The predicted molar refractivity (Wildman–Crippen MR) is 95.6 cm³/mol. The topological polar surface area (TPSA) is 48.0 Å². The van der Waals surface area contributed by atoms with Crippen LogP contribution in [0.25, 0.3) is 0 Å². The Labute approximate surface area is 156 Å². The number of nitrogens with zero attached hydrogens (tertiary/aromatic N) is 1. The van der Waals surface area contributed by atoms with Crippen molar-refractivity contribution >= 4 is 5.91 Å². The zero-order valence-corrected chi connectivity index (χ0v) is 16.2. The average molecular weight is 363 g/mol. The van der Waals surface area contributed by atoms with Crippen molar-refractivity contribution in [2.75, 3.05) is 13.1 Å². The molecular formula is C21H33NO4. The molecule has 26 heavy (non-hydrogen) atoms. The molecule has 0 radical (unpaired) electrons. The summed E-state index contributed by atoms with van der Waals surface area (Å²) in [6.45, 7) is 5.70. The van der Waals surface area contributed by atoms with Gasteiger partial charge in [0, 0.05) is 43.7 Å². The van der Waals surface area contributed by atoms with Gasteiger partial charge in [0.2, 0.25) is 17.5 Å². The third-order valence-electron chi connectivity index (χ3n) is 8.12. The van der Waals surface area contributed by atoms with Crippen molar-refractivity contribution < 1.29 is 19.3 Å². The standard InChI is InChI=1S/C21H33NO4/c1-3-22(4-2)19(23)16-5-7-20(8-6-16)24-21(26-25-20)17-10-14-9-15(12-17)13-18(21)11-14/h14-18H,3-13H2,1-2H3. The van der Waals surface area contributed by atoms with Gasteiger partial charge in [-0.25, -0.2) is 0 Å². The van der Waals surface area contributed by atoms with Crippen LogP contribution < -0.4 is 0 Å². The number of hydrogen-bond donors (Lipinski definition) is 0. The molecule has 6 fully saturated rings. The molecule has 1 amide bonds. The van der Waals surface area contributed by atoms with Crippen molar-refractivity contribution in [2.45, 2.75) is 83.2 Å². The maximum atomic E-state index is 12.7. The van der Waals surface area contributed by atoms with E-state index in [4.69, 9.17) is 14.5 Å². The van der Waals surface area contributed by atoms with Gasteiger partial charge in [0.1, 0.15) is 0 Å². The number of ether oxygens (including phenoxy) is 1. The summed E-state index contributed by atoms with van der Waals surface area (Å²) in [7, 11) is 0. The first kappa shape index (κ1) is 17.4. The molecule has 0 atom stereocenters. The van der Waals surface area contributed by atoms with Crippen molar-refractivity contribution in [2.24, 2.45) is 29.6 Å². The molecule has 5 aliphatic carbocycles. The minimum Gasteiger partial charge on any atom is -0.343 e. The van der Waals surface area contributed by atoms with Crippen LogP contribution in [0.3, 0.4) is 0 Å². The summed E-state index contributed by atoms with van der Waals surface area (Å²) >= 11 is 0. The number of amides is 1. The largest absolute Gasteiger partial charge is 0.343 e. The quantitative estimate of drug-likeness (QED) is 0.714. The van der Waals surface area contributed by atoms with E-state index >= 15 is 0 Å². The first-order valence-corrected chi connectivity index (χ1v) is 10.9. The lowest BCUT2D eigenvalue weighted by Gasteiger charge is -2.57. The fourth-order valence-corrected chi connectivity index (χ4v) is 6.89. The summed E-state index contributed by atoms with van der Waals surface area (Å²) < 4.78 is 6.73. The Balaban J connectivity index is 1.26. The van der Waals surface area contributed by atoms with E-state index in [1.165, 1.54) is 32.1 Å². The Morgan fingerprint density at radius 3 is 2.04 bits per heavy atom. The molecule has 0 aromatic carbocycles. The average Bonchev–Trinajstić information content (AvgIpc) is 3.01. The van der Waals surface area contributed by atoms with E-state index in [9.17, 15) is 4.79 Å². The van der Waals surface area contributed by atoms with Crippen LogP contribution in [0, 0.1) is 29.6 Å². The Bertz CT molecular complexity index is 536. The number of carbonyl (C=O) groups excluding carboxylic acids is 1. The van der Waals surface area contributed by atoms with Crippen LogP contribution in [0.2, 0.25) is 0 Å². The summed E-state index contributed by atoms with van der Waals surface area (Å²) in [5, 5.41) is 0. The first-order valence-electron chi connectivity index (χ1n) is 10.9. The molecule has 5 heteroatoms. The maximum absolute atomic E-state index is 12.7. The molecule has 146 valence electrons. The van der Waals surface area contributed by atoms with Crippen LogP contribution in [0.1, 0.15) is 71.6 Å². The molecule has 5 nitrogen and oxygen atoms in total. The highest BCUT2D eigenvalue weighted by Gasteiger charge is 2.66. The van der Waals surface area contributed by atoms with Crippen LogP contribution in [-0.4, -0.2) is 35.5 Å². The summed E-state index contributed by atoms with van der Waals surface area (Å²) in [5.41, 5.74) is 0. The summed E-state index contributed by atoms with van der Waals surface area (Å²) in [6, 6.07) is 0. The molecule has 0 aromatic rings. The van der Waals surface area contributed by atoms with Gasteiger partial charge in [0.05, 0.1) is 0 Å². The van der Waals surface area contributed by atoms with E-state index in [1.807, 2.05) is 4.90 Å². The number of rotatable bonds is 3. The minimum atomic E-state index is -0.602. The summed E-state index contributed by atoms with van der Waals surface area (Å²) in [4.78, 5) is 26.7. The highest BCUT2D eigenvalue weighted by Crippen LogP contribution is 2.63. The van der Waals surface area contributed by atoms with Crippen molar-refractivity contribution in [3.63, 3.8) is 0 Å². The third-order valence-corrected chi connectivity index (χ3v) is 8.12. The summed E-state index contributed by atoms with van der Waals surface area (Å²) in [5.74, 6) is 2.11. The minimum absolute atomic E-state index is 0.114. The van der Waals surface area contributed by atoms with Crippen LogP contribution >= 0.6 is 0 Å². The molecular weight excluding hydrogens is 330 g/mol. The molecule has 5 saturated carbocycles. The predicted octanol–water partition coefficient (Wildman–Crippen LogP) is 3.87. The highest BCUT2D eigenvalue weighted by molar-refractivity contribution is 5.78. The molecule has 1 aliphatic heterocycles. The second-order valence-corrected chi connectivity index (χ2v) is 9.49. The fourth-order valence-electron chi connectivity index (χ4n) is 6.89. The SMILES string of the molecule is CCN(CC)C(=O)C1CCC2(CC1)OOC1(O2)C2CC3CC(C2)CC1C3. The van der Waals surface area contributed by atoms with E-state index in [0.717, 1.165) is 50.6 Å². The van der Waals surface area contributed by atoms with Gasteiger partial charge in [-0.05, 0) is 70.6 Å². The second-order valence-electron chi connectivity index (χ2n) is 9.49. The van der Waals surface area contributed by atoms with Crippen LogP contribution in [0.5, 0.6) is 0 Å². The fraction of sp³-hybridized carbons (Fsp3) is 0.952. The molecule has 0 aromatic heterocycles. The van der Waals surface area contributed by atoms with E-state index in [0.29, 0.717) is 17.7 Å². The van der Waals surface area contributed by atoms with Gasteiger partial charge in [-0.1, -0.05) is 0 Å². The smallest absolute Gasteiger partial charge is 0.225 e. The first-order chi connectivity index (χ1) is 12.6. The highest BCUT2D eigenvalue weighted by atomic mass is 17.3. The number of carbonyl (C=O) groups is 1. The zero-order valence-electron chi connectivity index (χ0n) is 16.2. The van der Waals surface area contributed by atoms with Crippen molar-refractivity contribution in [1.82, 2.24) is 4.90 Å². The summed E-state index contributed by atoms with van der Waals surface area (Å²) in [6.07, 6.45) is 9.64. The van der Waals surface area contributed by atoms with Crippen LogP contribution in [0.4, 0.5) is 0 Å². The molecule has 4 bridgehead atoms. The van der Waals surface area contributed by atoms with Crippen LogP contribution in [-0.2, 0) is 19.3 Å². The van der Waals surface area contributed by atoms with E-state index in [1.54, 1.807) is 0 Å². The van der Waals surface area contributed by atoms with Crippen LogP contribution in [0.15, 0.2) is 0 Å². The maximum Gasteiger partial charge on any atom is 0.225 e. The molecule has 6 rings (SSSR count). The molecule has 6 aliphatic rings. The monoisotopic (exact) mass is 363 g/mol. The van der Waals surface area contributed by atoms with E-state index in [-0.39, 0.29) is 5.92 Å². The second kappa shape index (κ2) is 6.18. The van der Waals surface area contributed by atoms with Gasteiger partial charge in [-0.3, -0.25) is 4.79 Å². The normalized spacial score (nSPS) is 49.2. The molecule has 1 saturated heterocycles. The lowest BCUT2D eigenvalue weighted by Crippen LogP contribution is -2.59. The lowest BCUT2D eigenvalue weighted by molar-refractivity contribution is -0.390. The molecule has 1 heterocycles. The van der Waals surface area contributed by atoms with E-state index < -0.39 is 11.6 Å². The van der Waals surface area contributed by atoms with Gasteiger partial charge in [-0.2, -0.15) is 9.78 Å². The van der Waals surface area contributed by atoms with Gasteiger partial charge in [-0.15, -0.1) is 0 Å². The molecule has 2 spiro atoms. The van der Waals surface area contributed by atoms with Crippen molar-refractivity contribution in [3.8, 4) is 0 Å². The lowest BCUT2D eigenvalue weighted by atomic mass is 9.53. The third kappa shape index (κ3) is 2.50. The molecule has 0 N–H and O–H groups in total. The van der Waals surface area contributed by atoms with Gasteiger partial charge in [0.15, 0.2) is 0 Å². The van der Waals surface area contributed by atoms with Crippen molar-refractivity contribution in [1.29, 1.82) is 0 Å². The Kier molecular flexibility index (Phi) is 4.15. The van der Waals surface area contributed by atoms with Gasteiger partial charge in [0.25, 0.3) is 0 Å². The Morgan fingerprint density at radius 1 is 0.923 bits per heavy atom. The number of hydrogen-bond acceptors (Lipinski definition) is 4. The Morgan fingerprint density at radius 2 is 1.50 bits per heavy atom.